The lowest BCUT2D eigenvalue weighted by atomic mass is 10.1. The summed E-state index contributed by atoms with van der Waals surface area (Å²) >= 11 is 3.42. The number of hydrogen-bond donors (Lipinski definition) is 1. The van der Waals surface area contributed by atoms with Crippen molar-refractivity contribution in [3.63, 3.8) is 0 Å². The molecule has 0 radical (unpaired) electrons. The van der Waals surface area contributed by atoms with E-state index < -0.39 is 0 Å². The first kappa shape index (κ1) is 13.8. The maximum absolute atomic E-state index is 11.3. The molecule has 0 saturated carbocycles. The van der Waals surface area contributed by atoms with Gasteiger partial charge in [-0.15, -0.1) is 6.42 Å². The zero-order chi connectivity index (χ0) is 12.8. The summed E-state index contributed by atoms with van der Waals surface area (Å²) in [6.45, 7) is 2.56. The average Bonchev–Trinajstić information content (AvgIpc) is 2.35. The molecule has 0 fully saturated rings. The Morgan fingerprint density at radius 1 is 1.65 bits per heavy atom. The van der Waals surface area contributed by atoms with Gasteiger partial charge in [0.2, 0.25) is 0 Å². The lowest BCUT2D eigenvalue weighted by molar-refractivity contribution is 0.0600. The van der Waals surface area contributed by atoms with Gasteiger partial charge in [0.1, 0.15) is 0 Å². The minimum absolute atomic E-state index is 0.0159. The van der Waals surface area contributed by atoms with E-state index in [0.717, 1.165) is 10.0 Å². The van der Waals surface area contributed by atoms with E-state index in [9.17, 15) is 4.79 Å². The van der Waals surface area contributed by atoms with Crippen LogP contribution in [0.25, 0.3) is 0 Å². The molecule has 1 atom stereocenters. The number of ether oxygens (including phenoxy) is 1. The van der Waals surface area contributed by atoms with Gasteiger partial charge in [0.05, 0.1) is 18.7 Å². The van der Waals surface area contributed by atoms with Crippen molar-refractivity contribution in [2.24, 2.45) is 0 Å². The third kappa shape index (κ3) is 3.88. The first-order chi connectivity index (χ1) is 8.08. The number of rotatable bonds is 4. The second-order valence-electron chi connectivity index (χ2n) is 3.57. The SMILES string of the molecule is C#CC(C)NCc1ccc(C(=O)OC)cc1Br. The lowest BCUT2D eigenvalue weighted by Gasteiger charge is -2.10. The number of methoxy groups -OCH3 is 1. The number of halogens is 1. The van der Waals surface area contributed by atoms with Crippen LogP contribution in [0.3, 0.4) is 0 Å². The van der Waals surface area contributed by atoms with E-state index in [-0.39, 0.29) is 12.0 Å². The Kier molecular flexibility index (Phi) is 5.20. The van der Waals surface area contributed by atoms with E-state index in [1.165, 1.54) is 7.11 Å². The van der Waals surface area contributed by atoms with E-state index >= 15 is 0 Å². The maximum atomic E-state index is 11.3. The van der Waals surface area contributed by atoms with E-state index in [1.54, 1.807) is 12.1 Å². The van der Waals surface area contributed by atoms with Crippen LogP contribution in [0.1, 0.15) is 22.8 Å². The summed E-state index contributed by atoms with van der Waals surface area (Å²) in [7, 11) is 1.36. The first-order valence-corrected chi connectivity index (χ1v) is 5.94. The van der Waals surface area contributed by atoms with Crippen molar-refractivity contribution in [3.8, 4) is 12.3 Å². The lowest BCUT2D eigenvalue weighted by Crippen LogP contribution is -2.23. The summed E-state index contributed by atoms with van der Waals surface area (Å²) in [4.78, 5) is 11.3. The fourth-order valence-electron chi connectivity index (χ4n) is 1.26. The number of benzene rings is 1. The monoisotopic (exact) mass is 295 g/mol. The normalized spacial score (nSPS) is 11.6. The highest BCUT2D eigenvalue weighted by molar-refractivity contribution is 9.10. The predicted molar refractivity (Wildman–Crippen MR) is 70.6 cm³/mol. The van der Waals surface area contributed by atoms with Gasteiger partial charge in [0.25, 0.3) is 0 Å². The first-order valence-electron chi connectivity index (χ1n) is 5.14. The molecular weight excluding hydrogens is 282 g/mol. The zero-order valence-electron chi connectivity index (χ0n) is 9.79. The molecule has 1 aromatic rings. The molecule has 0 heterocycles. The highest BCUT2D eigenvalue weighted by Gasteiger charge is 2.08. The van der Waals surface area contributed by atoms with Gasteiger partial charge < -0.3 is 4.74 Å². The van der Waals surface area contributed by atoms with Crippen molar-refractivity contribution in [1.29, 1.82) is 0 Å². The zero-order valence-corrected chi connectivity index (χ0v) is 11.4. The van der Waals surface area contributed by atoms with Crippen molar-refractivity contribution in [2.45, 2.75) is 19.5 Å². The molecule has 3 nitrogen and oxygen atoms in total. The fourth-order valence-corrected chi connectivity index (χ4v) is 1.78. The third-order valence-electron chi connectivity index (χ3n) is 2.32. The van der Waals surface area contributed by atoms with Gasteiger partial charge >= 0.3 is 5.97 Å². The Balaban J connectivity index is 2.77. The fraction of sp³-hybridized carbons (Fsp3) is 0.308. The molecule has 0 aliphatic rings. The quantitative estimate of drug-likeness (QED) is 0.684. The molecule has 90 valence electrons. The second-order valence-corrected chi connectivity index (χ2v) is 4.42. The average molecular weight is 296 g/mol. The third-order valence-corrected chi connectivity index (χ3v) is 3.06. The van der Waals surface area contributed by atoms with E-state index in [0.29, 0.717) is 12.1 Å². The summed E-state index contributed by atoms with van der Waals surface area (Å²) in [5.41, 5.74) is 1.56. The number of esters is 1. The minimum Gasteiger partial charge on any atom is -0.465 e. The van der Waals surface area contributed by atoms with Crippen LogP contribution in [0, 0.1) is 12.3 Å². The van der Waals surface area contributed by atoms with Gasteiger partial charge in [0, 0.05) is 11.0 Å². The molecule has 1 N–H and O–H groups in total. The standard InChI is InChI=1S/C13H14BrNO2/c1-4-9(2)15-8-11-6-5-10(7-12(11)14)13(16)17-3/h1,5-7,9,15H,8H2,2-3H3. The molecule has 0 aromatic heterocycles. The minimum atomic E-state index is -0.345. The van der Waals surface area contributed by atoms with Crippen LogP contribution in [-0.2, 0) is 11.3 Å². The summed E-state index contributed by atoms with van der Waals surface area (Å²) < 4.78 is 5.50. The highest BCUT2D eigenvalue weighted by atomic mass is 79.9. The Hall–Kier alpha value is -1.31. The van der Waals surface area contributed by atoms with Gasteiger partial charge in [-0.3, -0.25) is 5.32 Å². The molecule has 1 unspecified atom stereocenters. The summed E-state index contributed by atoms with van der Waals surface area (Å²) in [5.74, 6) is 2.25. The highest BCUT2D eigenvalue weighted by Crippen LogP contribution is 2.19. The van der Waals surface area contributed by atoms with Crippen molar-refractivity contribution < 1.29 is 9.53 Å². The topological polar surface area (TPSA) is 38.3 Å². The number of carbonyl (C=O) groups is 1. The van der Waals surface area contributed by atoms with Crippen LogP contribution >= 0.6 is 15.9 Å². The second kappa shape index (κ2) is 6.43. The van der Waals surface area contributed by atoms with Crippen molar-refractivity contribution in [2.75, 3.05) is 7.11 Å². The molecule has 0 saturated heterocycles. The Bertz CT molecular complexity index is 451. The Morgan fingerprint density at radius 3 is 2.88 bits per heavy atom. The Morgan fingerprint density at radius 2 is 2.35 bits per heavy atom. The van der Waals surface area contributed by atoms with Crippen LogP contribution in [-0.4, -0.2) is 19.1 Å². The molecule has 1 rings (SSSR count). The van der Waals surface area contributed by atoms with E-state index in [1.807, 2.05) is 13.0 Å². The van der Waals surface area contributed by atoms with Crippen LogP contribution < -0.4 is 5.32 Å². The van der Waals surface area contributed by atoms with E-state index in [2.05, 4.69) is 31.9 Å². The van der Waals surface area contributed by atoms with Crippen LogP contribution in [0.4, 0.5) is 0 Å². The maximum Gasteiger partial charge on any atom is 0.337 e. The number of nitrogens with one attached hydrogen (secondary N) is 1. The smallest absolute Gasteiger partial charge is 0.337 e. The summed E-state index contributed by atoms with van der Waals surface area (Å²) in [5, 5.41) is 3.17. The van der Waals surface area contributed by atoms with Gasteiger partial charge in [-0.25, -0.2) is 4.79 Å². The molecular formula is C13H14BrNO2. The molecule has 0 bridgehead atoms. The Labute approximate surface area is 110 Å². The van der Waals surface area contributed by atoms with Crippen LogP contribution in [0.5, 0.6) is 0 Å². The van der Waals surface area contributed by atoms with Gasteiger partial charge in [-0.2, -0.15) is 0 Å². The molecule has 4 heteroatoms. The molecule has 0 aliphatic heterocycles. The number of carbonyl (C=O) groups excluding carboxylic acids is 1. The van der Waals surface area contributed by atoms with Crippen molar-refractivity contribution in [1.82, 2.24) is 5.32 Å². The van der Waals surface area contributed by atoms with Crippen molar-refractivity contribution in [3.05, 3.63) is 33.8 Å². The van der Waals surface area contributed by atoms with Crippen molar-refractivity contribution >= 4 is 21.9 Å². The molecule has 0 spiro atoms. The van der Waals surface area contributed by atoms with Crippen LogP contribution in [0.2, 0.25) is 0 Å². The number of hydrogen-bond acceptors (Lipinski definition) is 3. The summed E-state index contributed by atoms with van der Waals surface area (Å²) in [6.07, 6.45) is 5.27. The van der Waals surface area contributed by atoms with E-state index in [4.69, 9.17) is 6.42 Å². The predicted octanol–water partition coefficient (Wildman–Crippen LogP) is 2.35. The molecule has 1 aromatic carbocycles. The van der Waals surface area contributed by atoms with Gasteiger partial charge in [0.15, 0.2) is 0 Å². The molecule has 17 heavy (non-hydrogen) atoms. The molecule has 0 aliphatic carbocycles. The largest absolute Gasteiger partial charge is 0.465 e. The van der Waals surface area contributed by atoms with Gasteiger partial charge in [-0.05, 0) is 24.6 Å². The summed E-state index contributed by atoms with van der Waals surface area (Å²) in [6, 6.07) is 5.35. The van der Waals surface area contributed by atoms with Gasteiger partial charge in [-0.1, -0.05) is 27.9 Å². The number of terminal acetylenes is 1. The van der Waals surface area contributed by atoms with Crippen LogP contribution in [0.15, 0.2) is 22.7 Å². The molecule has 0 amide bonds.